The summed E-state index contributed by atoms with van der Waals surface area (Å²) in [4.78, 5) is 49.3. The van der Waals surface area contributed by atoms with E-state index in [1.54, 1.807) is 6.07 Å². The third kappa shape index (κ3) is 6.02. The number of aromatic nitrogens is 1. The van der Waals surface area contributed by atoms with E-state index in [9.17, 15) is 19.2 Å². The molecule has 28 heavy (non-hydrogen) atoms. The number of rotatable bonds is 6. The zero-order valence-corrected chi connectivity index (χ0v) is 16.0. The Bertz CT molecular complexity index is 779. The van der Waals surface area contributed by atoms with Gasteiger partial charge in [-0.2, -0.15) is 4.98 Å². The Morgan fingerprint density at radius 1 is 1.11 bits per heavy atom. The lowest BCUT2D eigenvalue weighted by Crippen LogP contribution is -2.31. The number of carbonyl (C=O) groups excluding carboxylic acids is 4. The number of hydrogen-bond acceptors (Lipinski definition) is 9. The number of amides is 1. The lowest BCUT2D eigenvalue weighted by Gasteiger charge is -2.18. The van der Waals surface area contributed by atoms with Crippen LogP contribution in [0.2, 0.25) is 0 Å². The molecule has 152 valence electrons. The molecule has 3 atom stereocenters. The normalized spacial score (nSPS) is 20.9. The Kier molecular flexibility index (Phi) is 7.05. The van der Waals surface area contributed by atoms with E-state index in [0.717, 1.165) is 0 Å². The Labute approximate surface area is 161 Å². The van der Waals surface area contributed by atoms with E-state index in [2.05, 4.69) is 10.3 Å². The van der Waals surface area contributed by atoms with Crippen LogP contribution in [-0.4, -0.2) is 47.6 Å². The first-order valence-corrected chi connectivity index (χ1v) is 8.58. The van der Waals surface area contributed by atoms with E-state index in [1.807, 2.05) is 0 Å². The van der Waals surface area contributed by atoms with Crippen LogP contribution in [0, 0.1) is 0 Å². The Morgan fingerprint density at radius 3 is 2.39 bits per heavy atom. The van der Waals surface area contributed by atoms with Crippen molar-refractivity contribution >= 4 is 29.6 Å². The maximum Gasteiger partial charge on any atom is 0.309 e. The third-order valence-electron chi connectivity index (χ3n) is 3.75. The van der Waals surface area contributed by atoms with Crippen LogP contribution >= 0.6 is 0 Å². The van der Waals surface area contributed by atoms with Crippen molar-refractivity contribution in [3.05, 3.63) is 17.7 Å². The molecule has 1 saturated heterocycles. The molecule has 1 aliphatic heterocycles. The van der Waals surface area contributed by atoms with Gasteiger partial charge in [0.2, 0.25) is 11.8 Å². The first-order chi connectivity index (χ1) is 13.2. The number of pyridine rings is 1. The standard InChI is InChI=1S/C18H22N2O8/c1-9(21)19-17-6-5-13(18(20-17)27-12(4)24)14-7-15(26-11(3)23)16(28-14)8-25-10(2)22/h5-6,14-16H,7-8H2,1-4H3,(H,19,20,21)/t14-,15+,16-/m1/s1. The highest BCUT2D eigenvalue weighted by Crippen LogP contribution is 2.39. The van der Waals surface area contributed by atoms with Crippen molar-refractivity contribution in [2.75, 3.05) is 11.9 Å². The van der Waals surface area contributed by atoms with Gasteiger partial charge >= 0.3 is 17.9 Å². The largest absolute Gasteiger partial charge is 0.463 e. The lowest BCUT2D eigenvalue weighted by atomic mass is 10.1. The summed E-state index contributed by atoms with van der Waals surface area (Å²) in [5.41, 5.74) is 0.437. The molecule has 0 unspecified atom stereocenters. The third-order valence-corrected chi connectivity index (χ3v) is 3.75. The monoisotopic (exact) mass is 394 g/mol. The van der Waals surface area contributed by atoms with E-state index in [4.69, 9.17) is 18.9 Å². The van der Waals surface area contributed by atoms with Gasteiger partial charge in [0.15, 0.2) is 0 Å². The number of anilines is 1. The van der Waals surface area contributed by atoms with Gasteiger partial charge in [-0.3, -0.25) is 19.2 Å². The average Bonchev–Trinajstić information content (AvgIpc) is 2.93. The highest BCUT2D eigenvalue weighted by Gasteiger charge is 2.40. The SMILES string of the molecule is CC(=O)Nc1ccc([C@H]2C[C@H](OC(C)=O)[C@@H](COC(C)=O)O2)c(OC(C)=O)n1. The summed E-state index contributed by atoms with van der Waals surface area (Å²) in [6, 6.07) is 3.13. The molecule has 1 aliphatic rings. The second-order valence-corrected chi connectivity index (χ2v) is 6.22. The van der Waals surface area contributed by atoms with Gasteiger partial charge in [-0.05, 0) is 12.1 Å². The predicted octanol–water partition coefficient (Wildman–Crippen LogP) is 1.29. The molecule has 0 aromatic carbocycles. The zero-order chi connectivity index (χ0) is 20.8. The van der Waals surface area contributed by atoms with Crippen molar-refractivity contribution in [2.45, 2.75) is 52.4 Å². The van der Waals surface area contributed by atoms with Gasteiger partial charge in [-0.15, -0.1) is 0 Å². The molecule has 0 radical (unpaired) electrons. The van der Waals surface area contributed by atoms with E-state index in [1.165, 1.54) is 33.8 Å². The quantitative estimate of drug-likeness (QED) is 0.709. The number of hydrogen-bond donors (Lipinski definition) is 1. The molecule has 2 heterocycles. The summed E-state index contributed by atoms with van der Waals surface area (Å²) in [7, 11) is 0. The fraction of sp³-hybridized carbons (Fsp3) is 0.500. The van der Waals surface area contributed by atoms with Gasteiger partial charge in [0.1, 0.15) is 24.6 Å². The van der Waals surface area contributed by atoms with E-state index >= 15 is 0 Å². The van der Waals surface area contributed by atoms with Crippen molar-refractivity contribution in [3.63, 3.8) is 0 Å². The van der Waals surface area contributed by atoms with Crippen LogP contribution in [0.4, 0.5) is 5.82 Å². The fourth-order valence-corrected chi connectivity index (χ4v) is 2.76. The summed E-state index contributed by atoms with van der Waals surface area (Å²) < 4.78 is 21.3. The van der Waals surface area contributed by atoms with Crippen molar-refractivity contribution in [2.24, 2.45) is 0 Å². The van der Waals surface area contributed by atoms with Gasteiger partial charge in [0.05, 0.1) is 6.10 Å². The number of ether oxygens (including phenoxy) is 4. The average molecular weight is 394 g/mol. The number of carbonyl (C=O) groups is 4. The predicted molar refractivity (Wildman–Crippen MR) is 94.3 cm³/mol. The topological polar surface area (TPSA) is 130 Å². The van der Waals surface area contributed by atoms with Crippen LogP contribution in [0.3, 0.4) is 0 Å². The van der Waals surface area contributed by atoms with E-state index in [0.29, 0.717) is 5.56 Å². The molecule has 0 spiro atoms. The van der Waals surface area contributed by atoms with Crippen molar-refractivity contribution in [3.8, 4) is 5.88 Å². The van der Waals surface area contributed by atoms with Gasteiger partial charge in [-0.25, -0.2) is 0 Å². The molecule has 1 aromatic heterocycles. The van der Waals surface area contributed by atoms with E-state index in [-0.39, 0.29) is 30.6 Å². The molecule has 1 aromatic rings. The van der Waals surface area contributed by atoms with Crippen LogP contribution in [0.5, 0.6) is 5.88 Å². The molecule has 1 fully saturated rings. The van der Waals surface area contributed by atoms with Crippen LogP contribution in [0.1, 0.15) is 45.8 Å². The molecular weight excluding hydrogens is 372 g/mol. The van der Waals surface area contributed by atoms with E-state index < -0.39 is 36.2 Å². The van der Waals surface area contributed by atoms with Gasteiger partial charge in [-0.1, -0.05) is 0 Å². The molecule has 1 N–H and O–H groups in total. The zero-order valence-electron chi connectivity index (χ0n) is 16.0. The molecule has 1 amide bonds. The van der Waals surface area contributed by atoms with Crippen LogP contribution in [-0.2, 0) is 33.4 Å². The van der Waals surface area contributed by atoms with Gasteiger partial charge < -0.3 is 24.3 Å². The highest BCUT2D eigenvalue weighted by atomic mass is 16.6. The minimum Gasteiger partial charge on any atom is -0.463 e. The summed E-state index contributed by atoms with van der Waals surface area (Å²) in [5, 5.41) is 2.50. The number of nitrogens with one attached hydrogen (secondary N) is 1. The molecule has 0 aliphatic carbocycles. The number of nitrogens with zero attached hydrogens (tertiary/aromatic N) is 1. The molecule has 2 rings (SSSR count). The molecule has 10 nitrogen and oxygen atoms in total. The second-order valence-electron chi connectivity index (χ2n) is 6.22. The fourth-order valence-electron chi connectivity index (χ4n) is 2.76. The highest BCUT2D eigenvalue weighted by molar-refractivity contribution is 5.87. The molecule has 0 bridgehead atoms. The first kappa shape index (κ1) is 21.3. The first-order valence-electron chi connectivity index (χ1n) is 8.58. The summed E-state index contributed by atoms with van der Waals surface area (Å²) in [6.07, 6.45) is -1.71. The van der Waals surface area contributed by atoms with Crippen LogP contribution < -0.4 is 10.1 Å². The summed E-state index contributed by atoms with van der Waals surface area (Å²) in [6.45, 7) is 4.98. The molecule has 10 heteroatoms. The molecular formula is C18H22N2O8. The summed E-state index contributed by atoms with van der Waals surface area (Å²) in [5.74, 6) is -1.74. The lowest BCUT2D eigenvalue weighted by molar-refractivity contribution is -0.155. The molecule has 0 saturated carbocycles. The van der Waals surface area contributed by atoms with Crippen molar-refractivity contribution < 1.29 is 38.1 Å². The number of esters is 3. The summed E-state index contributed by atoms with van der Waals surface area (Å²) >= 11 is 0. The maximum absolute atomic E-state index is 11.4. The maximum atomic E-state index is 11.4. The van der Waals surface area contributed by atoms with Gasteiger partial charge in [0.25, 0.3) is 0 Å². The van der Waals surface area contributed by atoms with Crippen molar-refractivity contribution in [1.29, 1.82) is 0 Å². The smallest absolute Gasteiger partial charge is 0.309 e. The Balaban J connectivity index is 2.28. The van der Waals surface area contributed by atoms with Crippen LogP contribution in [0.25, 0.3) is 0 Å². The van der Waals surface area contributed by atoms with Gasteiger partial charge in [0, 0.05) is 39.7 Å². The Hall–Kier alpha value is -3.01. The Morgan fingerprint density at radius 2 is 1.82 bits per heavy atom. The minimum atomic E-state index is -0.682. The minimum absolute atomic E-state index is 0.0292. The van der Waals surface area contributed by atoms with Crippen molar-refractivity contribution in [1.82, 2.24) is 4.98 Å². The van der Waals surface area contributed by atoms with Crippen LogP contribution in [0.15, 0.2) is 12.1 Å². The second kappa shape index (κ2) is 9.27.